The Balaban J connectivity index is 1.14. The molecule has 1 spiro atoms. The quantitative estimate of drug-likeness (QED) is 0.438. The molecular formula is C28H31N7. The minimum atomic E-state index is 0.474. The van der Waals surface area contributed by atoms with Gasteiger partial charge in [0, 0.05) is 48.4 Å². The second-order valence-corrected chi connectivity index (χ2v) is 10.5. The van der Waals surface area contributed by atoms with Gasteiger partial charge in [0.15, 0.2) is 5.65 Å². The number of pyridine rings is 1. The number of piperidine rings is 1. The monoisotopic (exact) mass is 465 g/mol. The molecule has 1 aliphatic carbocycles. The molecule has 0 radical (unpaired) electrons. The van der Waals surface area contributed by atoms with E-state index in [1.54, 1.807) is 0 Å². The van der Waals surface area contributed by atoms with Crippen LogP contribution in [-0.4, -0.2) is 45.8 Å². The van der Waals surface area contributed by atoms with E-state index in [-0.39, 0.29) is 0 Å². The number of hydrogen-bond donors (Lipinski definition) is 2. The molecule has 0 atom stereocenters. The van der Waals surface area contributed by atoms with Crippen molar-refractivity contribution in [2.75, 3.05) is 36.4 Å². The van der Waals surface area contributed by atoms with Crippen LogP contribution < -0.4 is 15.5 Å². The maximum atomic E-state index is 5.12. The zero-order valence-corrected chi connectivity index (χ0v) is 20.0. The summed E-state index contributed by atoms with van der Waals surface area (Å²) in [4.78, 5) is 12.0. The van der Waals surface area contributed by atoms with Gasteiger partial charge in [-0.2, -0.15) is 9.61 Å². The molecule has 7 nitrogen and oxygen atoms in total. The Morgan fingerprint density at radius 1 is 1.03 bits per heavy atom. The van der Waals surface area contributed by atoms with E-state index in [0.29, 0.717) is 11.3 Å². The van der Waals surface area contributed by atoms with Gasteiger partial charge in [0.1, 0.15) is 11.6 Å². The Labute approximate surface area is 205 Å². The second kappa shape index (κ2) is 8.34. The van der Waals surface area contributed by atoms with Crippen LogP contribution in [0.4, 0.5) is 11.6 Å². The molecule has 0 unspecified atom stereocenters. The van der Waals surface area contributed by atoms with Gasteiger partial charge in [0.2, 0.25) is 0 Å². The zero-order valence-electron chi connectivity index (χ0n) is 20.0. The lowest BCUT2D eigenvalue weighted by atomic mass is 9.72. The molecule has 2 aliphatic heterocycles. The predicted molar refractivity (Wildman–Crippen MR) is 139 cm³/mol. The third-order valence-electron chi connectivity index (χ3n) is 7.93. The van der Waals surface area contributed by atoms with Gasteiger partial charge in [0.25, 0.3) is 0 Å². The largest absolute Gasteiger partial charge is 0.366 e. The minimum Gasteiger partial charge on any atom is -0.366 e. The topological polar surface area (TPSA) is 70.4 Å². The first-order valence-corrected chi connectivity index (χ1v) is 12.9. The smallest absolute Gasteiger partial charge is 0.163 e. The molecule has 2 saturated heterocycles. The van der Waals surface area contributed by atoms with Crippen LogP contribution in [0, 0.1) is 5.41 Å². The van der Waals surface area contributed by atoms with E-state index in [2.05, 4.69) is 50.8 Å². The van der Waals surface area contributed by atoms with Crippen LogP contribution in [0.15, 0.2) is 60.9 Å². The second-order valence-electron chi connectivity index (χ2n) is 10.5. The summed E-state index contributed by atoms with van der Waals surface area (Å²) in [7, 11) is 0. The summed E-state index contributed by atoms with van der Waals surface area (Å²) in [5, 5.41) is 11.9. The van der Waals surface area contributed by atoms with Crippen LogP contribution in [-0.2, 0) is 6.54 Å². The third-order valence-corrected chi connectivity index (χ3v) is 7.93. The molecular weight excluding hydrogens is 434 g/mol. The van der Waals surface area contributed by atoms with Crippen molar-refractivity contribution in [1.29, 1.82) is 0 Å². The number of rotatable bonds is 6. The van der Waals surface area contributed by atoms with E-state index in [4.69, 9.17) is 10.1 Å². The van der Waals surface area contributed by atoms with Crippen LogP contribution in [0.5, 0.6) is 0 Å². The maximum absolute atomic E-state index is 5.12. The van der Waals surface area contributed by atoms with Crippen molar-refractivity contribution in [3.05, 3.63) is 72.1 Å². The van der Waals surface area contributed by atoms with Crippen molar-refractivity contribution in [3.8, 4) is 11.3 Å². The van der Waals surface area contributed by atoms with E-state index in [1.165, 1.54) is 36.8 Å². The van der Waals surface area contributed by atoms with E-state index in [0.717, 1.165) is 61.3 Å². The lowest BCUT2D eigenvalue weighted by Crippen LogP contribution is -2.60. The van der Waals surface area contributed by atoms with E-state index < -0.39 is 0 Å². The van der Waals surface area contributed by atoms with Crippen LogP contribution in [0.2, 0.25) is 0 Å². The lowest BCUT2D eigenvalue weighted by Gasteiger charge is -2.53. The van der Waals surface area contributed by atoms with Crippen LogP contribution in [0.1, 0.15) is 42.7 Å². The predicted octanol–water partition coefficient (Wildman–Crippen LogP) is 4.47. The molecule has 35 heavy (non-hydrogen) atoms. The molecule has 3 aromatic heterocycles. The number of nitrogens with one attached hydrogen (secondary N) is 2. The molecule has 0 bridgehead atoms. The fourth-order valence-electron chi connectivity index (χ4n) is 5.66. The van der Waals surface area contributed by atoms with Gasteiger partial charge in [-0.25, -0.2) is 4.98 Å². The van der Waals surface area contributed by atoms with E-state index in [1.807, 2.05) is 35.1 Å². The molecule has 1 saturated carbocycles. The summed E-state index contributed by atoms with van der Waals surface area (Å²) in [6.45, 7) is 5.23. The summed E-state index contributed by atoms with van der Waals surface area (Å²) in [5.41, 5.74) is 6.15. The Hall–Kier alpha value is -3.45. The normalized spacial score (nSPS) is 19.1. The lowest BCUT2D eigenvalue weighted by molar-refractivity contribution is 0.149. The highest BCUT2D eigenvalue weighted by Gasteiger charge is 2.44. The molecule has 2 N–H and O–H groups in total. The van der Waals surface area contributed by atoms with Crippen molar-refractivity contribution in [2.45, 2.75) is 38.1 Å². The van der Waals surface area contributed by atoms with Crippen molar-refractivity contribution in [2.24, 2.45) is 5.41 Å². The summed E-state index contributed by atoms with van der Waals surface area (Å²) >= 11 is 0. The Kier molecular flexibility index (Phi) is 4.98. The Bertz CT molecular complexity index is 1330. The van der Waals surface area contributed by atoms with Crippen LogP contribution in [0.25, 0.3) is 16.9 Å². The highest BCUT2D eigenvalue weighted by atomic mass is 15.3. The Morgan fingerprint density at radius 2 is 1.86 bits per heavy atom. The highest BCUT2D eigenvalue weighted by molar-refractivity contribution is 5.64. The van der Waals surface area contributed by atoms with Gasteiger partial charge in [-0.1, -0.05) is 30.3 Å². The van der Waals surface area contributed by atoms with Gasteiger partial charge < -0.3 is 15.5 Å². The SMILES string of the molecule is c1ccc(-c2ccc(CNc3cc(N4CC5(CCNCC5)C4)nc4c(C5CC5)cnn34)cc2)nc1. The molecule has 5 heterocycles. The minimum absolute atomic E-state index is 0.474. The number of aromatic nitrogens is 4. The van der Waals surface area contributed by atoms with Crippen molar-refractivity contribution in [1.82, 2.24) is 24.9 Å². The summed E-state index contributed by atoms with van der Waals surface area (Å²) < 4.78 is 2.00. The summed E-state index contributed by atoms with van der Waals surface area (Å²) in [6.07, 6.45) is 8.90. The zero-order chi connectivity index (χ0) is 23.2. The Morgan fingerprint density at radius 3 is 2.60 bits per heavy atom. The van der Waals surface area contributed by atoms with Crippen LogP contribution >= 0.6 is 0 Å². The highest BCUT2D eigenvalue weighted by Crippen LogP contribution is 2.44. The maximum Gasteiger partial charge on any atom is 0.163 e. The van der Waals surface area contributed by atoms with Gasteiger partial charge in [-0.15, -0.1) is 0 Å². The number of hydrogen-bond acceptors (Lipinski definition) is 6. The van der Waals surface area contributed by atoms with Gasteiger partial charge in [0.05, 0.1) is 11.9 Å². The van der Waals surface area contributed by atoms with Crippen molar-refractivity contribution in [3.63, 3.8) is 0 Å². The van der Waals surface area contributed by atoms with Gasteiger partial charge in [-0.3, -0.25) is 4.98 Å². The fraction of sp³-hybridized carbons (Fsp3) is 0.393. The summed E-state index contributed by atoms with van der Waals surface area (Å²) in [6, 6.07) is 16.8. The first kappa shape index (κ1) is 20.9. The standard InChI is InChI=1S/C28H31N7/c1-2-12-30-24(3-1)22-6-4-20(5-7-22)16-31-25-15-26(34-18-28(19-34)10-13-29-14-11-28)33-27-23(21-8-9-21)17-32-35(25)27/h1-7,12,15,17,21,29,31H,8-11,13-14,16,18-19H2. The van der Waals surface area contributed by atoms with Crippen LogP contribution in [0.3, 0.4) is 0 Å². The number of fused-ring (bicyclic) bond motifs is 1. The average molecular weight is 466 g/mol. The molecule has 3 aliphatic rings. The third kappa shape index (κ3) is 3.93. The molecule has 0 amide bonds. The van der Waals surface area contributed by atoms with E-state index >= 15 is 0 Å². The first-order valence-electron chi connectivity index (χ1n) is 12.9. The van der Waals surface area contributed by atoms with Crippen molar-refractivity contribution >= 4 is 17.3 Å². The fourth-order valence-corrected chi connectivity index (χ4v) is 5.66. The van der Waals surface area contributed by atoms with E-state index in [9.17, 15) is 0 Å². The number of benzene rings is 1. The number of anilines is 2. The van der Waals surface area contributed by atoms with Gasteiger partial charge in [-0.05, 0) is 62.4 Å². The average Bonchev–Trinajstić information content (AvgIpc) is 3.65. The first-order chi connectivity index (χ1) is 17.3. The molecule has 4 aromatic rings. The molecule has 3 fully saturated rings. The summed E-state index contributed by atoms with van der Waals surface area (Å²) in [5.74, 6) is 2.71. The number of nitrogens with zero attached hydrogens (tertiary/aromatic N) is 5. The molecule has 1 aromatic carbocycles. The van der Waals surface area contributed by atoms with Crippen molar-refractivity contribution < 1.29 is 0 Å². The van der Waals surface area contributed by atoms with Gasteiger partial charge >= 0.3 is 0 Å². The molecule has 7 rings (SSSR count). The molecule has 178 valence electrons. The molecule has 7 heteroatoms.